The van der Waals surface area contributed by atoms with Gasteiger partial charge in [0.05, 0.1) is 23.3 Å². The first-order chi connectivity index (χ1) is 12.4. The summed E-state index contributed by atoms with van der Waals surface area (Å²) in [6.07, 6.45) is -0.518. The molecular weight excluding hydrogens is 360 g/mol. The molecule has 1 N–H and O–H groups in total. The summed E-state index contributed by atoms with van der Waals surface area (Å²) in [5, 5.41) is 0.351. The number of para-hydroxylation sites is 1. The Balaban J connectivity index is 1.58. The summed E-state index contributed by atoms with van der Waals surface area (Å²) in [6.45, 7) is 0. The highest BCUT2D eigenvalue weighted by atomic mass is 32.2. The number of rotatable bonds is 6. The molecule has 0 saturated carbocycles. The minimum absolute atomic E-state index is 0.128. The molecule has 0 aromatic heterocycles. The summed E-state index contributed by atoms with van der Waals surface area (Å²) in [4.78, 5) is 40.8. The van der Waals surface area contributed by atoms with Gasteiger partial charge in [0.25, 0.3) is 11.8 Å². The molecule has 1 aliphatic rings. The van der Waals surface area contributed by atoms with Gasteiger partial charge in [0.15, 0.2) is 0 Å². The number of nitrogens with one attached hydrogen (secondary N) is 1. The third-order valence-electron chi connectivity index (χ3n) is 3.57. The van der Waals surface area contributed by atoms with Crippen molar-refractivity contribution in [2.45, 2.75) is 6.42 Å². The van der Waals surface area contributed by atoms with Crippen molar-refractivity contribution in [3.8, 4) is 0 Å². The van der Waals surface area contributed by atoms with Crippen molar-refractivity contribution in [1.82, 2.24) is 5.06 Å². The Hall–Kier alpha value is -3.20. The van der Waals surface area contributed by atoms with Gasteiger partial charge in [-0.2, -0.15) is 0 Å². The molecule has 8 nitrogen and oxygen atoms in total. The lowest BCUT2D eigenvalue weighted by Gasteiger charge is -2.13. The van der Waals surface area contributed by atoms with Crippen molar-refractivity contribution in [3.05, 3.63) is 65.7 Å². The average Bonchev–Trinajstić information content (AvgIpc) is 2.86. The Morgan fingerprint density at radius 2 is 1.46 bits per heavy atom. The summed E-state index contributed by atoms with van der Waals surface area (Å²) >= 11 is 0. The normalized spacial score (nSPS) is 13.5. The van der Waals surface area contributed by atoms with Crippen molar-refractivity contribution in [2.75, 3.05) is 10.5 Å². The van der Waals surface area contributed by atoms with E-state index in [2.05, 4.69) is 4.72 Å². The maximum absolute atomic E-state index is 12.1. The molecule has 0 unspecified atom stereocenters. The number of anilines is 1. The molecule has 1 aliphatic heterocycles. The largest absolute Gasteiger partial charge is 0.334 e. The maximum Gasteiger partial charge on any atom is 0.334 e. The topological polar surface area (TPSA) is 110 Å². The minimum Gasteiger partial charge on any atom is -0.330 e. The summed E-state index contributed by atoms with van der Waals surface area (Å²) in [6, 6.07) is 14.2. The van der Waals surface area contributed by atoms with E-state index in [0.717, 1.165) is 0 Å². The van der Waals surface area contributed by atoms with E-state index in [1.807, 2.05) is 0 Å². The second kappa shape index (κ2) is 6.96. The lowest BCUT2D eigenvalue weighted by Crippen LogP contribution is -2.33. The molecule has 2 aromatic carbocycles. The van der Waals surface area contributed by atoms with Gasteiger partial charge < -0.3 is 4.84 Å². The van der Waals surface area contributed by atoms with E-state index < -0.39 is 40.0 Å². The third kappa shape index (κ3) is 3.72. The molecule has 2 amide bonds. The van der Waals surface area contributed by atoms with Crippen LogP contribution in [0, 0.1) is 0 Å². The lowest BCUT2D eigenvalue weighted by molar-refractivity contribution is -0.168. The smallest absolute Gasteiger partial charge is 0.330 e. The second-order valence-corrected chi connectivity index (χ2v) is 7.29. The van der Waals surface area contributed by atoms with Crippen LogP contribution in [-0.4, -0.2) is 37.0 Å². The number of fused-ring (bicyclic) bond motifs is 1. The zero-order chi connectivity index (χ0) is 18.7. The predicted octanol–water partition coefficient (Wildman–Crippen LogP) is 1.57. The standard InChI is InChI=1S/C17H14N2O6S/c20-15(10-11-26(23,24)18-12-6-2-1-3-7-12)25-19-16(21)13-8-4-5-9-14(13)17(19)22/h1-9,18H,10-11H2. The summed E-state index contributed by atoms with van der Waals surface area (Å²) in [5.41, 5.74) is 0.619. The fourth-order valence-corrected chi connectivity index (χ4v) is 3.38. The van der Waals surface area contributed by atoms with Gasteiger partial charge in [-0.1, -0.05) is 35.4 Å². The molecule has 3 rings (SSSR count). The molecule has 0 fully saturated rings. The molecule has 2 aromatic rings. The van der Waals surface area contributed by atoms with E-state index in [9.17, 15) is 22.8 Å². The van der Waals surface area contributed by atoms with Crippen molar-refractivity contribution in [2.24, 2.45) is 0 Å². The first kappa shape index (κ1) is 17.6. The molecule has 0 bridgehead atoms. The van der Waals surface area contributed by atoms with Gasteiger partial charge in [-0.15, -0.1) is 0 Å². The fraction of sp³-hybridized carbons (Fsp3) is 0.118. The molecule has 0 spiro atoms. The average molecular weight is 374 g/mol. The van der Waals surface area contributed by atoms with Crippen molar-refractivity contribution in [3.63, 3.8) is 0 Å². The van der Waals surface area contributed by atoms with Crippen LogP contribution in [0.3, 0.4) is 0 Å². The Morgan fingerprint density at radius 3 is 2.04 bits per heavy atom. The Kier molecular flexibility index (Phi) is 4.72. The zero-order valence-corrected chi connectivity index (χ0v) is 14.2. The number of hydrogen-bond acceptors (Lipinski definition) is 6. The van der Waals surface area contributed by atoms with Gasteiger partial charge in [0, 0.05) is 5.69 Å². The van der Waals surface area contributed by atoms with Gasteiger partial charge in [0.1, 0.15) is 0 Å². The monoisotopic (exact) mass is 374 g/mol. The highest BCUT2D eigenvalue weighted by Gasteiger charge is 2.38. The van der Waals surface area contributed by atoms with Crippen LogP contribution >= 0.6 is 0 Å². The van der Waals surface area contributed by atoms with Crippen molar-refractivity contribution in [1.29, 1.82) is 0 Å². The summed E-state index contributed by atoms with van der Waals surface area (Å²) in [7, 11) is -3.78. The molecule has 134 valence electrons. The number of hydroxylamine groups is 2. The maximum atomic E-state index is 12.1. The van der Waals surface area contributed by atoms with Gasteiger partial charge in [0.2, 0.25) is 10.0 Å². The Morgan fingerprint density at radius 1 is 0.923 bits per heavy atom. The SMILES string of the molecule is O=C(CCS(=O)(=O)Nc1ccccc1)ON1C(=O)c2ccccc2C1=O. The predicted molar refractivity (Wildman–Crippen MR) is 91.5 cm³/mol. The van der Waals surface area contributed by atoms with Crippen LogP contribution in [0.15, 0.2) is 54.6 Å². The molecule has 0 atom stereocenters. The number of sulfonamides is 1. The quantitative estimate of drug-likeness (QED) is 0.769. The number of carbonyl (C=O) groups is 3. The highest BCUT2D eigenvalue weighted by molar-refractivity contribution is 7.92. The van der Waals surface area contributed by atoms with Crippen LogP contribution in [-0.2, 0) is 19.7 Å². The van der Waals surface area contributed by atoms with Gasteiger partial charge >= 0.3 is 5.97 Å². The van der Waals surface area contributed by atoms with E-state index >= 15 is 0 Å². The van der Waals surface area contributed by atoms with Crippen LogP contribution in [0.25, 0.3) is 0 Å². The molecular formula is C17H14N2O6S. The van der Waals surface area contributed by atoms with E-state index in [-0.39, 0.29) is 11.1 Å². The third-order valence-corrected chi connectivity index (χ3v) is 4.86. The first-order valence-electron chi connectivity index (χ1n) is 7.61. The van der Waals surface area contributed by atoms with E-state index in [1.165, 1.54) is 12.1 Å². The van der Waals surface area contributed by atoms with Crippen molar-refractivity contribution < 1.29 is 27.6 Å². The van der Waals surface area contributed by atoms with Crippen LogP contribution < -0.4 is 4.72 Å². The molecule has 0 radical (unpaired) electrons. The van der Waals surface area contributed by atoms with Gasteiger partial charge in [-0.3, -0.25) is 14.3 Å². The first-order valence-corrected chi connectivity index (χ1v) is 9.27. The number of nitrogens with zero attached hydrogens (tertiary/aromatic N) is 1. The van der Waals surface area contributed by atoms with Gasteiger partial charge in [-0.25, -0.2) is 13.2 Å². The number of imide groups is 1. The fourth-order valence-electron chi connectivity index (χ4n) is 2.35. The van der Waals surface area contributed by atoms with Crippen molar-refractivity contribution >= 4 is 33.5 Å². The number of carbonyl (C=O) groups excluding carboxylic acids is 3. The molecule has 26 heavy (non-hydrogen) atoms. The Bertz CT molecular complexity index is 937. The molecule has 0 aliphatic carbocycles. The van der Waals surface area contributed by atoms with Crippen LogP contribution in [0.5, 0.6) is 0 Å². The molecule has 0 saturated heterocycles. The van der Waals surface area contributed by atoms with Crippen LogP contribution in [0.2, 0.25) is 0 Å². The molecule has 9 heteroatoms. The number of hydrogen-bond donors (Lipinski definition) is 1. The lowest BCUT2D eigenvalue weighted by atomic mass is 10.1. The number of amides is 2. The summed E-state index contributed by atoms with van der Waals surface area (Å²) < 4.78 is 26.3. The van der Waals surface area contributed by atoms with E-state index in [0.29, 0.717) is 10.8 Å². The van der Waals surface area contributed by atoms with Gasteiger partial charge in [-0.05, 0) is 24.3 Å². The molecule has 1 heterocycles. The zero-order valence-electron chi connectivity index (χ0n) is 13.4. The van der Waals surface area contributed by atoms with Crippen LogP contribution in [0.1, 0.15) is 27.1 Å². The summed E-state index contributed by atoms with van der Waals surface area (Å²) in [5.74, 6) is -3.07. The highest BCUT2D eigenvalue weighted by Crippen LogP contribution is 2.22. The Labute approximate surface area is 149 Å². The minimum atomic E-state index is -3.78. The second-order valence-electron chi connectivity index (χ2n) is 5.45. The number of benzene rings is 2. The van der Waals surface area contributed by atoms with E-state index in [4.69, 9.17) is 4.84 Å². The van der Waals surface area contributed by atoms with E-state index in [1.54, 1.807) is 42.5 Å². The van der Waals surface area contributed by atoms with Crippen LogP contribution in [0.4, 0.5) is 5.69 Å².